The Hall–Kier alpha value is -3.52. The lowest BCUT2D eigenvalue weighted by Gasteiger charge is -2.25. The van der Waals surface area contributed by atoms with Crippen LogP contribution >= 0.6 is 22.6 Å². The standard InChI is InChI=1S/C30H34IN5O5/c1-19(20-5-3-2-4-6-20)28(29-33-24-12-9-22(31)17-25(24)34-29)35-30(40)27(32)21-7-10-23(11-8-21)41-18-26(39)36(13-15-37)14-16-38/h2-12,17,19,27-28,37-38H,13-16,18,32H2,1H3,(H,33,34)(H,35,40)/t19-,27?,28-/m0/s1. The average Bonchev–Trinajstić information content (AvgIpc) is 3.41. The molecule has 3 aromatic carbocycles. The maximum Gasteiger partial charge on any atom is 0.260 e. The number of rotatable bonds is 13. The summed E-state index contributed by atoms with van der Waals surface area (Å²) in [6, 6.07) is 21.1. The van der Waals surface area contributed by atoms with Crippen LogP contribution in [0.4, 0.5) is 0 Å². The molecule has 6 N–H and O–H groups in total. The van der Waals surface area contributed by atoms with Crippen molar-refractivity contribution < 1.29 is 24.5 Å². The van der Waals surface area contributed by atoms with E-state index in [4.69, 9.17) is 25.7 Å². The number of ether oxygens (including phenoxy) is 1. The number of fused-ring (bicyclic) bond motifs is 1. The molecule has 0 radical (unpaired) electrons. The molecule has 11 heteroatoms. The van der Waals surface area contributed by atoms with Gasteiger partial charge in [0.2, 0.25) is 5.91 Å². The first-order chi connectivity index (χ1) is 19.8. The molecule has 0 fully saturated rings. The van der Waals surface area contributed by atoms with Crippen LogP contribution in [-0.4, -0.2) is 69.8 Å². The number of aliphatic hydroxyl groups is 2. The number of nitrogens with zero attached hydrogens (tertiary/aromatic N) is 2. The summed E-state index contributed by atoms with van der Waals surface area (Å²) in [6.07, 6.45) is 0. The molecule has 41 heavy (non-hydrogen) atoms. The number of imidazole rings is 1. The van der Waals surface area contributed by atoms with Crippen LogP contribution in [-0.2, 0) is 9.59 Å². The fourth-order valence-electron chi connectivity index (χ4n) is 4.53. The van der Waals surface area contributed by atoms with E-state index in [-0.39, 0.29) is 50.6 Å². The number of amides is 2. The molecule has 1 heterocycles. The molecule has 1 aromatic heterocycles. The fourth-order valence-corrected chi connectivity index (χ4v) is 5.02. The molecule has 3 atom stereocenters. The highest BCUT2D eigenvalue weighted by atomic mass is 127. The number of aromatic amines is 1. The number of nitrogens with two attached hydrogens (primary N) is 1. The summed E-state index contributed by atoms with van der Waals surface area (Å²) >= 11 is 2.25. The molecule has 0 bridgehead atoms. The van der Waals surface area contributed by atoms with Gasteiger partial charge in [-0.15, -0.1) is 0 Å². The Labute approximate surface area is 252 Å². The predicted molar refractivity (Wildman–Crippen MR) is 164 cm³/mol. The van der Waals surface area contributed by atoms with E-state index in [1.54, 1.807) is 24.3 Å². The quantitative estimate of drug-likeness (QED) is 0.137. The van der Waals surface area contributed by atoms with Gasteiger partial charge in [-0.25, -0.2) is 4.98 Å². The molecule has 2 amide bonds. The Morgan fingerprint density at radius 3 is 2.37 bits per heavy atom. The van der Waals surface area contributed by atoms with Crippen LogP contribution in [0.1, 0.15) is 41.9 Å². The summed E-state index contributed by atoms with van der Waals surface area (Å²) < 4.78 is 6.65. The summed E-state index contributed by atoms with van der Waals surface area (Å²) in [4.78, 5) is 35.2. The van der Waals surface area contributed by atoms with E-state index in [1.165, 1.54) is 4.90 Å². The highest BCUT2D eigenvalue weighted by molar-refractivity contribution is 14.1. The van der Waals surface area contributed by atoms with Gasteiger partial charge in [0.25, 0.3) is 5.91 Å². The van der Waals surface area contributed by atoms with Gasteiger partial charge in [0.05, 0.1) is 30.3 Å². The number of aliphatic hydroxyl groups excluding tert-OH is 2. The number of aromatic nitrogens is 2. The minimum Gasteiger partial charge on any atom is -0.484 e. The molecule has 10 nitrogen and oxygen atoms in total. The third kappa shape index (κ3) is 7.82. The van der Waals surface area contributed by atoms with Crippen LogP contribution in [0.3, 0.4) is 0 Å². The molecule has 0 aliphatic carbocycles. The summed E-state index contributed by atoms with van der Waals surface area (Å²) in [5, 5.41) is 21.3. The molecule has 0 spiro atoms. The number of hydrogen-bond donors (Lipinski definition) is 5. The topological polar surface area (TPSA) is 154 Å². The number of nitrogens with one attached hydrogen (secondary N) is 2. The fraction of sp³-hybridized carbons (Fsp3) is 0.300. The van der Waals surface area contributed by atoms with Crippen molar-refractivity contribution in [2.75, 3.05) is 32.9 Å². The second-order valence-electron chi connectivity index (χ2n) is 9.63. The number of benzene rings is 3. The Balaban J connectivity index is 1.47. The van der Waals surface area contributed by atoms with Crippen LogP contribution in [0.25, 0.3) is 11.0 Å². The van der Waals surface area contributed by atoms with Crippen molar-refractivity contribution >= 4 is 45.4 Å². The van der Waals surface area contributed by atoms with Gasteiger partial charge >= 0.3 is 0 Å². The molecule has 1 unspecified atom stereocenters. The summed E-state index contributed by atoms with van der Waals surface area (Å²) in [7, 11) is 0. The number of halogens is 1. The van der Waals surface area contributed by atoms with E-state index < -0.39 is 12.1 Å². The highest BCUT2D eigenvalue weighted by Gasteiger charge is 2.28. The molecular weight excluding hydrogens is 637 g/mol. The minimum absolute atomic E-state index is 0.100. The van der Waals surface area contributed by atoms with Crippen LogP contribution in [0.5, 0.6) is 5.75 Å². The van der Waals surface area contributed by atoms with Gasteiger partial charge < -0.3 is 35.9 Å². The van der Waals surface area contributed by atoms with Gasteiger partial charge in [0, 0.05) is 22.6 Å². The second kappa shape index (κ2) is 14.4. The third-order valence-corrected chi connectivity index (χ3v) is 7.53. The average molecular weight is 672 g/mol. The molecule has 216 valence electrons. The van der Waals surface area contributed by atoms with Crippen LogP contribution in [0.2, 0.25) is 0 Å². The zero-order chi connectivity index (χ0) is 29.4. The Morgan fingerprint density at radius 2 is 1.71 bits per heavy atom. The zero-order valence-corrected chi connectivity index (χ0v) is 24.8. The van der Waals surface area contributed by atoms with Crippen molar-refractivity contribution in [2.24, 2.45) is 5.73 Å². The van der Waals surface area contributed by atoms with Gasteiger partial charge in [-0.1, -0.05) is 49.4 Å². The van der Waals surface area contributed by atoms with E-state index in [2.05, 4.69) is 32.9 Å². The number of hydrogen-bond acceptors (Lipinski definition) is 7. The van der Waals surface area contributed by atoms with Crippen LogP contribution in [0, 0.1) is 3.57 Å². The lowest BCUT2D eigenvalue weighted by molar-refractivity contribution is -0.134. The van der Waals surface area contributed by atoms with Crippen molar-refractivity contribution in [3.05, 3.63) is 93.3 Å². The Bertz CT molecular complexity index is 1440. The molecule has 0 saturated carbocycles. The summed E-state index contributed by atoms with van der Waals surface area (Å²) in [5.74, 6) is 0.253. The Kier molecular flexibility index (Phi) is 10.7. The van der Waals surface area contributed by atoms with Gasteiger partial charge in [-0.2, -0.15) is 0 Å². The van der Waals surface area contributed by atoms with Crippen molar-refractivity contribution in [3.63, 3.8) is 0 Å². The summed E-state index contributed by atoms with van der Waals surface area (Å²) in [6.45, 7) is 1.60. The second-order valence-corrected chi connectivity index (χ2v) is 10.9. The van der Waals surface area contributed by atoms with Gasteiger partial charge in [0.15, 0.2) is 6.61 Å². The SMILES string of the molecule is C[C@@H](c1ccccc1)[C@H](NC(=O)C(N)c1ccc(OCC(=O)N(CCO)CCO)cc1)c1nc2ccc(I)cc2[nH]1. The molecule has 4 aromatic rings. The largest absolute Gasteiger partial charge is 0.484 e. The maximum atomic E-state index is 13.4. The van der Waals surface area contributed by atoms with Gasteiger partial charge in [-0.05, 0) is 64.0 Å². The first-order valence-electron chi connectivity index (χ1n) is 13.3. The Morgan fingerprint density at radius 1 is 1.02 bits per heavy atom. The van der Waals surface area contributed by atoms with Crippen LogP contribution < -0.4 is 15.8 Å². The molecular formula is C30H34IN5O5. The van der Waals surface area contributed by atoms with E-state index in [0.29, 0.717) is 17.1 Å². The van der Waals surface area contributed by atoms with E-state index in [0.717, 1.165) is 20.2 Å². The summed E-state index contributed by atoms with van der Waals surface area (Å²) in [5.41, 5.74) is 9.72. The zero-order valence-electron chi connectivity index (χ0n) is 22.7. The number of carbonyl (C=O) groups is 2. The van der Waals surface area contributed by atoms with Crippen LogP contribution in [0.15, 0.2) is 72.8 Å². The predicted octanol–water partition coefficient (Wildman–Crippen LogP) is 3.02. The lowest BCUT2D eigenvalue weighted by Crippen LogP contribution is -2.39. The van der Waals surface area contributed by atoms with Gasteiger partial charge in [0.1, 0.15) is 17.6 Å². The van der Waals surface area contributed by atoms with E-state index in [1.807, 2.05) is 55.5 Å². The maximum absolute atomic E-state index is 13.4. The first-order valence-corrected chi connectivity index (χ1v) is 14.4. The molecule has 0 saturated heterocycles. The van der Waals surface area contributed by atoms with Gasteiger partial charge in [-0.3, -0.25) is 9.59 Å². The van der Waals surface area contributed by atoms with Crippen molar-refractivity contribution in [3.8, 4) is 5.75 Å². The molecule has 0 aliphatic rings. The number of H-pyrrole nitrogens is 1. The lowest BCUT2D eigenvalue weighted by atomic mass is 9.92. The smallest absolute Gasteiger partial charge is 0.260 e. The van der Waals surface area contributed by atoms with Crippen molar-refractivity contribution in [1.82, 2.24) is 20.2 Å². The third-order valence-electron chi connectivity index (χ3n) is 6.86. The van der Waals surface area contributed by atoms with Crippen molar-refractivity contribution in [1.29, 1.82) is 0 Å². The molecule has 4 rings (SSSR count). The van der Waals surface area contributed by atoms with Crippen molar-refractivity contribution in [2.45, 2.75) is 24.9 Å². The normalized spacial score (nSPS) is 13.4. The number of carbonyl (C=O) groups excluding carboxylic acids is 2. The highest BCUT2D eigenvalue weighted by Crippen LogP contribution is 2.31. The first kappa shape index (κ1) is 30.4. The monoisotopic (exact) mass is 671 g/mol. The molecule has 0 aliphatic heterocycles. The minimum atomic E-state index is -0.953. The van der Waals surface area contributed by atoms with E-state index >= 15 is 0 Å². The van der Waals surface area contributed by atoms with E-state index in [9.17, 15) is 9.59 Å².